The van der Waals surface area contributed by atoms with E-state index in [9.17, 15) is 4.79 Å². The summed E-state index contributed by atoms with van der Waals surface area (Å²) in [5.74, 6) is -0.854. The van der Waals surface area contributed by atoms with E-state index >= 15 is 0 Å². The van der Waals surface area contributed by atoms with Crippen LogP contribution in [0.25, 0.3) is 0 Å². The number of rotatable bonds is 4. The van der Waals surface area contributed by atoms with E-state index in [1.807, 2.05) is 19.1 Å². The molecule has 19 heavy (non-hydrogen) atoms. The molecule has 1 aromatic carbocycles. The van der Waals surface area contributed by atoms with Crippen molar-refractivity contribution in [2.45, 2.75) is 38.3 Å². The number of carboxylic acid groups (broad SMARTS) is 1. The first-order valence-electron chi connectivity index (χ1n) is 6.98. The van der Waals surface area contributed by atoms with E-state index in [2.05, 4.69) is 10.2 Å². The Bertz CT molecular complexity index is 497. The Balaban J connectivity index is 1.69. The monoisotopic (exact) mass is 260 g/mol. The lowest BCUT2D eigenvalue weighted by molar-refractivity contribution is 0.0696. The number of nitrogens with one attached hydrogen (secondary N) is 1. The number of aromatic carboxylic acids is 1. The number of carboxylic acids is 1. The third-order valence-corrected chi connectivity index (χ3v) is 4.21. The highest BCUT2D eigenvalue weighted by Crippen LogP contribution is 2.31. The highest BCUT2D eigenvalue weighted by atomic mass is 16.4. The minimum absolute atomic E-state index is 0.391. The first-order valence-corrected chi connectivity index (χ1v) is 6.98. The third kappa shape index (κ3) is 2.59. The molecule has 1 heterocycles. The largest absolute Gasteiger partial charge is 0.478 e. The Morgan fingerprint density at radius 2 is 2.16 bits per heavy atom. The molecular formula is C15H20N2O2. The van der Waals surface area contributed by atoms with E-state index in [0.29, 0.717) is 11.6 Å². The zero-order valence-electron chi connectivity index (χ0n) is 11.2. The quantitative estimate of drug-likeness (QED) is 0.872. The number of anilines is 1. The molecule has 0 bridgehead atoms. The molecule has 1 saturated heterocycles. The van der Waals surface area contributed by atoms with E-state index in [1.165, 1.54) is 19.4 Å². The summed E-state index contributed by atoms with van der Waals surface area (Å²) in [6.45, 7) is 4.13. The minimum Gasteiger partial charge on any atom is -0.478 e. The van der Waals surface area contributed by atoms with Crippen molar-refractivity contribution < 1.29 is 9.90 Å². The second-order valence-electron chi connectivity index (χ2n) is 5.64. The Morgan fingerprint density at radius 3 is 2.84 bits per heavy atom. The molecule has 2 fully saturated rings. The molecule has 0 spiro atoms. The lowest BCUT2D eigenvalue weighted by Gasteiger charge is -2.18. The van der Waals surface area contributed by atoms with E-state index in [1.54, 1.807) is 6.07 Å². The molecule has 4 nitrogen and oxygen atoms in total. The van der Waals surface area contributed by atoms with E-state index in [4.69, 9.17) is 5.11 Å². The van der Waals surface area contributed by atoms with Crippen LogP contribution in [-0.4, -0.2) is 41.1 Å². The first kappa shape index (κ1) is 12.5. The van der Waals surface area contributed by atoms with E-state index in [0.717, 1.165) is 30.3 Å². The molecule has 1 aliphatic heterocycles. The van der Waals surface area contributed by atoms with Crippen molar-refractivity contribution in [3.8, 4) is 0 Å². The third-order valence-electron chi connectivity index (χ3n) is 4.21. The van der Waals surface area contributed by atoms with Gasteiger partial charge in [0.15, 0.2) is 0 Å². The second kappa shape index (κ2) is 4.85. The van der Waals surface area contributed by atoms with Crippen molar-refractivity contribution in [3.05, 3.63) is 29.3 Å². The number of hydrogen-bond donors (Lipinski definition) is 2. The van der Waals surface area contributed by atoms with Gasteiger partial charge >= 0.3 is 5.97 Å². The summed E-state index contributed by atoms with van der Waals surface area (Å²) in [4.78, 5) is 13.7. The van der Waals surface area contributed by atoms with Gasteiger partial charge in [-0.15, -0.1) is 0 Å². The standard InChI is InChI=1S/C15H20N2O2/c1-10-13(15(18)19)3-2-4-14(10)16-11-7-8-17(9-11)12-5-6-12/h2-4,11-12,16H,5-9H2,1H3,(H,18,19). The van der Waals surface area contributed by atoms with Gasteiger partial charge < -0.3 is 10.4 Å². The summed E-state index contributed by atoms with van der Waals surface area (Å²) in [6.07, 6.45) is 3.84. The zero-order valence-corrected chi connectivity index (χ0v) is 11.2. The maximum absolute atomic E-state index is 11.1. The van der Waals surface area contributed by atoms with Crippen molar-refractivity contribution in [3.63, 3.8) is 0 Å². The topological polar surface area (TPSA) is 52.6 Å². The van der Waals surface area contributed by atoms with Crippen LogP contribution in [-0.2, 0) is 0 Å². The van der Waals surface area contributed by atoms with Crippen LogP contribution in [0.2, 0.25) is 0 Å². The van der Waals surface area contributed by atoms with Gasteiger partial charge in [-0.05, 0) is 43.9 Å². The van der Waals surface area contributed by atoms with Gasteiger partial charge in [-0.2, -0.15) is 0 Å². The van der Waals surface area contributed by atoms with Gasteiger partial charge in [-0.3, -0.25) is 4.90 Å². The lowest BCUT2D eigenvalue weighted by Crippen LogP contribution is -2.28. The summed E-state index contributed by atoms with van der Waals surface area (Å²) >= 11 is 0. The molecular weight excluding hydrogens is 240 g/mol. The zero-order chi connectivity index (χ0) is 13.4. The summed E-state index contributed by atoms with van der Waals surface area (Å²) in [6, 6.07) is 6.71. The molecule has 4 heteroatoms. The summed E-state index contributed by atoms with van der Waals surface area (Å²) in [7, 11) is 0. The summed E-state index contributed by atoms with van der Waals surface area (Å²) in [5, 5.41) is 12.7. The Kier molecular flexibility index (Phi) is 3.19. The Hall–Kier alpha value is -1.55. The van der Waals surface area contributed by atoms with Crippen molar-refractivity contribution in [2.24, 2.45) is 0 Å². The lowest BCUT2D eigenvalue weighted by atomic mass is 10.1. The molecule has 1 atom stereocenters. The fraction of sp³-hybridized carbons (Fsp3) is 0.533. The minimum atomic E-state index is -0.854. The van der Waals surface area contributed by atoms with Crippen molar-refractivity contribution >= 4 is 11.7 Å². The predicted octanol–water partition coefficient (Wildman–Crippen LogP) is 2.34. The smallest absolute Gasteiger partial charge is 0.336 e. The summed E-state index contributed by atoms with van der Waals surface area (Å²) < 4.78 is 0. The van der Waals surface area contributed by atoms with Gasteiger partial charge in [0.1, 0.15) is 0 Å². The molecule has 2 N–H and O–H groups in total. The predicted molar refractivity (Wildman–Crippen MR) is 74.8 cm³/mol. The maximum Gasteiger partial charge on any atom is 0.336 e. The Labute approximate surface area is 113 Å². The fourth-order valence-corrected chi connectivity index (χ4v) is 2.92. The van der Waals surface area contributed by atoms with E-state index in [-0.39, 0.29) is 0 Å². The Morgan fingerprint density at radius 1 is 1.37 bits per heavy atom. The molecule has 1 unspecified atom stereocenters. The molecule has 1 aliphatic carbocycles. The van der Waals surface area contributed by atoms with Gasteiger partial charge in [-0.25, -0.2) is 4.79 Å². The van der Waals surface area contributed by atoms with Crippen molar-refractivity contribution in [1.82, 2.24) is 4.90 Å². The SMILES string of the molecule is Cc1c(NC2CCN(C3CC3)C2)cccc1C(=O)O. The van der Waals surface area contributed by atoms with Crippen LogP contribution >= 0.6 is 0 Å². The van der Waals surface area contributed by atoms with Crippen LogP contribution in [0.15, 0.2) is 18.2 Å². The van der Waals surface area contributed by atoms with Gasteiger partial charge in [0.05, 0.1) is 5.56 Å². The number of benzene rings is 1. The number of nitrogens with zero attached hydrogens (tertiary/aromatic N) is 1. The molecule has 3 rings (SSSR count). The van der Waals surface area contributed by atoms with Gasteiger partial charge in [0.25, 0.3) is 0 Å². The van der Waals surface area contributed by atoms with Crippen LogP contribution in [0, 0.1) is 6.92 Å². The second-order valence-corrected chi connectivity index (χ2v) is 5.64. The molecule has 0 amide bonds. The van der Waals surface area contributed by atoms with Crippen molar-refractivity contribution in [2.75, 3.05) is 18.4 Å². The molecule has 2 aliphatic rings. The highest BCUT2D eigenvalue weighted by molar-refractivity contribution is 5.91. The van der Waals surface area contributed by atoms with Crippen LogP contribution in [0.3, 0.4) is 0 Å². The molecule has 1 aromatic rings. The van der Waals surface area contributed by atoms with Crippen LogP contribution < -0.4 is 5.32 Å². The maximum atomic E-state index is 11.1. The highest BCUT2D eigenvalue weighted by Gasteiger charge is 2.34. The fourth-order valence-electron chi connectivity index (χ4n) is 2.92. The van der Waals surface area contributed by atoms with Crippen LogP contribution in [0.1, 0.15) is 35.2 Å². The number of carbonyl (C=O) groups is 1. The van der Waals surface area contributed by atoms with Crippen LogP contribution in [0.4, 0.5) is 5.69 Å². The van der Waals surface area contributed by atoms with Gasteiger partial charge in [-0.1, -0.05) is 6.07 Å². The van der Waals surface area contributed by atoms with Crippen LogP contribution in [0.5, 0.6) is 0 Å². The normalized spacial score (nSPS) is 23.5. The van der Waals surface area contributed by atoms with Crippen molar-refractivity contribution in [1.29, 1.82) is 0 Å². The number of likely N-dealkylation sites (tertiary alicyclic amines) is 1. The van der Waals surface area contributed by atoms with Gasteiger partial charge in [0.2, 0.25) is 0 Å². The molecule has 0 aromatic heterocycles. The van der Waals surface area contributed by atoms with Gasteiger partial charge in [0, 0.05) is 30.9 Å². The molecule has 0 radical (unpaired) electrons. The average Bonchev–Trinajstić information content (AvgIpc) is 3.12. The average molecular weight is 260 g/mol. The number of hydrogen-bond acceptors (Lipinski definition) is 3. The molecule has 102 valence electrons. The summed E-state index contributed by atoms with van der Waals surface area (Å²) in [5.41, 5.74) is 2.18. The van der Waals surface area contributed by atoms with E-state index < -0.39 is 5.97 Å². The molecule has 1 saturated carbocycles. The first-order chi connectivity index (χ1) is 9.15.